The van der Waals surface area contributed by atoms with Gasteiger partial charge in [-0.25, -0.2) is 9.59 Å². The van der Waals surface area contributed by atoms with E-state index in [9.17, 15) is 19.5 Å². The van der Waals surface area contributed by atoms with Gasteiger partial charge in [0.1, 0.15) is 5.60 Å². The summed E-state index contributed by atoms with van der Waals surface area (Å²) in [6.45, 7) is 15.5. The largest absolute Gasteiger partial charge is 0.465 e. The molecule has 2 heterocycles. The Morgan fingerprint density at radius 2 is 1.67 bits per heavy atom. The molecule has 1 saturated heterocycles. The van der Waals surface area contributed by atoms with Crippen LogP contribution in [0.2, 0.25) is 0 Å². The van der Waals surface area contributed by atoms with Gasteiger partial charge in [-0.15, -0.1) is 0 Å². The fourth-order valence-corrected chi connectivity index (χ4v) is 6.24. The summed E-state index contributed by atoms with van der Waals surface area (Å²) >= 11 is 0. The van der Waals surface area contributed by atoms with E-state index < -0.39 is 11.7 Å². The highest BCUT2D eigenvalue weighted by atomic mass is 16.6. The number of nitrogens with zero attached hydrogens (tertiary/aromatic N) is 3. The molecule has 0 aromatic heterocycles. The number of fused-ring (bicyclic) bond motifs is 1. The standard InChI is InChI=1S/C33H46N4O5/c1-21(2)36(32(40)41)30-18-22(3)37(23(4)38)29-13-12-26(19-28(29)30)25-10-8-24(9-11-25)20-35-16-14-27(15-17-35)34-31(39)42-33(5,6)7/h8-13,19,21-22,27,30H,14-18,20H2,1-7H3,(H,34,39)(H,40,41). The van der Waals surface area contributed by atoms with E-state index in [0.717, 1.165) is 54.9 Å². The number of anilines is 1. The van der Waals surface area contributed by atoms with Gasteiger partial charge in [0.05, 0.1) is 6.04 Å². The first-order valence-corrected chi connectivity index (χ1v) is 15.0. The third kappa shape index (κ3) is 7.43. The second-order valence-electron chi connectivity index (χ2n) is 12.9. The van der Waals surface area contributed by atoms with Crippen LogP contribution in [0.5, 0.6) is 0 Å². The maximum atomic E-state index is 12.6. The van der Waals surface area contributed by atoms with Crippen LogP contribution >= 0.6 is 0 Å². The minimum absolute atomic E-state index is 0.0459. The third-order valence-corrected chi connectivity index (χ3v) is 8.11. The smallest absolute Gasteiger partial charge is 0.408 e. The number of benzene rings is 2. The molecule has 0 radical (unpaired) electrons. The number of carbonyl (C=O) groups excluding carboxylic acids is 2. The van der Waals surface area contributed by atoms with Crippen molar-refractivity contribution in [2.75, 3.05) is 18.0 Å². The van der Waals surface area contributed by atoms with Crippen molar-refractivity contribution in [3.05, 3.63) is 53.6 Å². The van der Waals surface area contributed by atoms with Crippen molar-refractivity contribution in [1.29, 1.82) is 0 Å². The van der Waals surface area contributed by atoms with Gasteiger partial charge in [0.2, 0.25) is 5.91 Å². The lowest BCUT2D eigenvalue weighted by molar-refractivity contribution is -0.117. The summed E-state index contributed by atoms with van der Waals surface area (Å²) in [7, 11) is 0. The molecule has 9 nitrogen and oxygen atoms in total. The number of ether oxygens (including phenoxy) is 1. The number of nitrogens with one attached hydrogen (secondary N) is 1. The highest BCUT2D eigenvalue weighted by Crippen LogP contribution is 2.43. The maximum Gasteiger partial charge on any atom is 0.408 e. The second kappa shape index (κ2) is 12.7. The van der Waals surface area contributed by atoms with E-state index in [4.69, 9.17) is 4.74 Å². The summed E-state index contributed by atoms with van der Waals surface area (Å²) in [5, 5.41) is 13.0. The molecule has 2 aliphatic rings. The Balaban J connectivity index is 1.46. The van der Waals surface area contributed by atoms with E-state index in [-0.39, 0.29) is 36.2 Å². The van der Waals surface area contributed by atoms with E-state index >= 15 is 0 Å². The number of likely N-dealkylation sites (tertiary alicyclic amines) is 1. The van der Waals surface area contributed by atoms with Crippen molar-refractivity contribution < 1.29 is 24.2 Å². The quantitative estimate of drug-likeness (QED) is 0.410. The zero-order chi connectivity index (χ0) is 30.8. The SMILES string of the molecule is CC(=O)N1c2ccc(-c3ccc(CN4CCC(NC(=O)OC(C)(C)C)CC4)cc3)cc2C(N(C(=O)O)C(C)C)CC1C. The molecule has 42 heavy (non-hydrogen) atoms. The average Bonchev–Trinajstić information content (AvgIpc) is 2.88. The van der Waals surface area contributed by atoms with Gasteiger partial charge in [-0.3, -0.25) is 14.6 Å². The molecule has 2 atom stereocenters. The Hall–Kier alpha value is -3.59. The zero-order valence-corrected chi connectivity index (χ0v) is 26.0. The van der Waals surface area contributed by atoms with Crippen molar-refractivity contribution in [2.45, 2.75) is 104 Å². The van der Waals surface area contributed by atoms with Crippen LogP contribution in [0.15, 0.2) is 42.5 Å². The second-order valence-corrected chi connectivity index (χ2v) is 12.9. The first-order chi connectivity index (χ1) is 19.7. The van der Waals surface area contributed by atoms with Crippen LogP contribution in [-0.2, 0) is 16.1 Å². The predicted octanol–water partition coefficient (Wildman–Crippen LogP) is 6.42. The number of carbonyl (C=O) groups is 3. The van der Waals surface area contributed by atoms with Crippen LogP contribution in [0.3, 0.4) is 0 Å². The third-order valence-electron chi connectivity index (χ3n) is 8.11. The van der Waals surface area contributed by atoms with Crippen LogP contribution in [0, 0.1) is 0 Å². The number of carboxylic acid groups (broad SMARTS) is 1. The highest BCUT2D eigenvalue weighted by Gasteiger charge is 2.38. The zero-order valence-electron chi connectivity index (χ0n) is 26.0. The fraction of sp³-hybridized carbons (Fsp3) is 0.545. The van der Waals surface area contributed by atoms with Gasteiger partial charge in [0.15, 0.2) is 0 Å². The van der Waals surface area contributed by atoms with Gasteiger partial charge in [-0.05, 0) is 95.2 Å². The van der Waals surface area contributed by atoms with Gasteiger partial charge >= 0.3 is 12.2 Å². The number of amides is 3. The Morgan fingerprint density at radius 3 is 2.21 bits per heavy atom. The predicted molar refractivity (Wildman–Crippen MR) is 165 cm³/mol. The minimum Gasteiger partial charge on any atom is -0.465 e. The number of hydrogen-bond donors (Lipinski definition) is 2. The van der Waals surface area contributed by atoms with Crippen molar-refractivity contribution in [3.8, 4) is 11.1 Å². The van der Waals surface area contributed by atoms with Crippen LogP contribution in [0.1, 0.15) is 84.9 Å². The lowest BCUT2D eigenvalue weighted by Gasteiger charge is -2.43. The molecular formula is C33H46N4O5. The van der Waals surface area contributed by atoms with Crippen LogP contribution in [-0.4, -0.2) is 69.8 Å². The van der Waals surface area contributed by atoms with E-state index in [1.54, 1.807) is 11.8 Å². The van der Waals surface area contributed by atoms with Gasteiger partial charge in [0, 0.05) is 50.4 Å². The van der Waals surface area contributed by atoms with E-state index in [1.807, 2.05) is 53.7 Å². The molecule has 1 fully saturated rings. The molecule has 3 amide bonds. The summed E-state index contributed by atoms with van der Waals surface area (Å²) < 4.78 is 5.39. The molecule has 0 spiro atoms. The molecule has 2 aromatic carbocycles. The van der Waals surface area contributed by atoms with E-state index in [0.29, 0.717) is 6.42 Å². The Bertz CT molecular complexity index is 1280. The summed E-state index contributed by atoms with van der Waals surface area (Å²) in [4.78, 5) is 42.6. The highest BCUT2D eigenvalue weighted by molar-refractivity contribution is 5.94. The van der Waals surface area contributed by atoms with Gasteiger partial charge in [-0.1, -0.05) is 30.3 Å². The molecule has 9 heteroatoms. The maximum absolute atomic E-state index is 12.6. The Kier molecular flexibility index (Phi) is 9.50. The molecule has 0 saturated carbocycles. The van der Waals surface area contributed by atoms with Crippen molar-refractivity contribution in [2.24, 2.45) is 0 Å². The molecule has 0 bridgehead atoms. The monoisotopic (exact) mass is 578 g/mol. The number of piperidine rings is 1. The molecule has 4 rings (SSSR count). The summed E-state index contributed by atoms with van der Waals surface area (Å²) in [5.74, 6) is -0.0459. The summed E-state index contributed by atoms with van der Waals surface area (Å²) in [6.07, 6.45) is 1.00. The normalized spacial score (nSPS) is 19.8. The first-order valence-electron chi connectivity index (χ1n) is 15.0. The fourth-order valence-electron chi connectivity index (χ4n) is 6.24. The van der Waals surface area contributed by atoms with Gasteiger partial charge in [0.25, 0.3) is 0 Å². The molecule has 2 aromatic rings. The van der Waals surface area contributed by atoms with Crippen LogP contribution < -0.4 is 10.2 Å². The van der Waals surface area contributed by atoms with Gasteiger partial charge < -0.3 is 20.1 Å². The van der Waals surface area contributed by atoms with E-state index in [2.05, 4.69) is 40.5 Å². The van der Waals surface area contributed by atoms with Gasteiger partial charge in [-0.2, -0.15) is 0 Å². The summed E-state index contributed by atoms with van der Waals surface area (Å²) in [6, 6.07) is 14.0. The Labute approximate surface area is 249 Å². The van der Waals surface area contributed by atoms with Crippen molar-refractivity contribution in [1.82, 2.24) is 15.1 Å². The summed E-state index contributed by atoms with van der Waals surface area (Å²) in [5.41, 5.74) is 4.39. The van der Waals surface area contributed by atoms with Crippen LogP contribution in [0.25, 0.3) is 11.1 Å². The molecule has 2 unspecified atom stereocenters. The van der Waals surface area contributed by atoms with Crippen molar-refractivity contribution in [3.63, 3.8) is 0 Å². The van der Waals surface area contributed by atoms with Crippen molar-refractivity contribution >= 4 is 23.8 Å². The molecular weight excluding hydrogens is 532 g/mol. The number of alkyl carbamates (subject to hydrolysis) is 1. The molecule has 2 aliphatic heterocycles. The number of hydrogen-bond acceptors (Lipinski definition) is 5. The first kappa shape index (κ1) is 31.3. The lowest BCUT2D eigenvalue weighted by Crippen LogP contribution is -2.48. The minimum atomic E-state index is -0.955. The number of rotatable bonds is 6. The van der Waals surface area contributed by atoms with E-state index in [1.165, 1.54) is 10.5 Å². The van der Waals surface area contributed by atoms with Crippen LogP contribution in [0.4, 0.5) is 15.3 Å². The average molecular weight is 579 g/mol. The molecule has 228 valence electrons. The molecule has 0 aliphatic carbocycles. The Morgan fingerprint density at radius 1 is 1.05 bits per heavy atom. The topological polar surface area (TPSA) is 102 Å². The lowest BCUT2D eigenvalue weighted by atomic mass is 9.87. The molecule has 2 N–H and O–H groups in total.